The Morgan fingerprint density at radius 1 is 1.15 bits per heavy atom. The summed E-state index contributed by atoms with van der Waals surface area (Å²) in [4.78, 5) is 2.32. The van der Waals surface area contributed by atoms with Crippen LogP contribution in [0.4, 0.5) is 0 Å². The summed E-state index contributed by atoms with van der Waals surface area (Å²) in [5, 5.41) is 10.5. The minimum absolute atomic E-state index is 0.303. The van der Waals surface area contributed by atoms with Crippen molar-refractivity contribution in [2.24, 2.45) is 5.92 Å². The molecule has 0 aromatic carbocycles. The first-order chi connectivity index (χ1) is 6.21. The Hall–Kier alpha value is -0.0800. The third-order valence-electron chi connectivity index (χ3n) is 3.97. The van der Waals surface area contributed by atoms with Crippen molar-refractivity contribution >= 4 is 0 Å². The second-order valence-electron chi connectivity index (χ2n) is 4.89. The third kappa shape index (κ3) is 1.89. The van der Waals surface area contributed by atoms with E-state index in [-0.39, 0.29) is 5.60 Å². The highest BCUT2D eigenvalue weighted by molar-refractivity contribution is 4.92. The van der Waals surface area contributed by atoms with Crippen molar-refractivity contribution in [3.8, 4) is 0 Å². The van der Waals surface area contributed by atoms with E-state index in [0.29, 0.717) is 5.92 Å². The van der Waals surface area contributed by atoms with Crippen molar-refractivity contribution in [3.63, 3.8) is 0 Å². The van der Waals surface area contributed by atoms with Crippen LogP contribution in [0.25, 0.3) is 0 Å². The van der Waals surface area contributed by atoms with Gasteiger partial charge in [-0.25, -0.2) is 0 Å². The first kappa shape index (κ1) is 9.47. The molecule has 1 aliphatic heterocycles. The lowest BCUT2D eigenvalue weighted by molar-refractivity contribution is -0.0612. The van der Waals surface area contributed by atoms with Gasteiger partial charge in [0.15, 0.2) is 0 Å². The number of likely N-dealkylation sites (tertiary alicyclic amines) is 1. The second-order valence-corrected chi connectivity index (χ2v) is 4.89. The normalized spacial score (nSPS) is 30.9. The standard InChI is InChI=1S/C11H21NO/c1-12-8-6-11(13,7-9-12)10-4-2-3-5-10/h10,13H,2-9H2,1H3. The molecule has 0 unspecified atom stereocenters. The molecule has 1 saturated carbocycles. The van der Waals surface area contributed by atoms with Crippen LogP contribution >= 0.6 is 0 Å². The molecule has 2 fully saturated rings. The van der Waals surface area contributed by atoms with Crippen LogP contribution in [-0.4, -0.2) is 35.7 Å². The van der Waals surface area contributed by atoms with Crippen LogP contribution in [0.3, 0.4) is 0 Å². The molecule has 13 heavy (non-hydrogen) atoms. The van der Waals surface area contributed by atoms with Crippen molar-refractivity contribution in [3.05, 3.63) is 0 Å². The molecule has 0 amide bonds. The van der Waals surface area contributed by atoms with Gasteiger partial charge in [0, 0.05) is 13.1 Å². The number of nitrogens with zero attached hydrogens (tertiary/aromatic N) is 1. The molecule has 2 nitrogen and oxygen atoms in total. The summed E-state index contributed by atoms with van der Waals surface area (Å²) in [6.07, 6.45) is 7.19. The molecule has 1 saturated heterocycles. The van der Waals surface area contributed by atoms with Crippen LogP contribution in [0.5, 0.6) is 0 Å². The molecule has 0 bridgehead atoms. The Kier molecular flexibility index (Phi) is 2.61. The summed E-state index contributed by atoms with van der Waals surface area (Å²) in [7, 11) is 2.15. The van der Waals surface area contributed by atoms with Crippen LogP contribution in [-0.2, 0) is 0 Å². The molecule has 2 aliphatic rings. The van der Waals surface area contributed by atoms with E-state index in [9.17, 15) is 5.11 Å². The van der Waals surface area contributed by atoms with E-state index in [1.165, 1.54) is 25.7 Å². The van der Waals surface area contributed by atoms with E-state index >= 15 is 0 Å². The minimum atomic E-state index is -0.303. The summed E-state index contributed by atoms with van der Waals surface area (Å²) in [6.45, 7) is 2.15. The van der Waals surface area contributed by atoms with E-state index in [1.54, 1.807) is 0 Å². The van der Waals surface area contributed by atoms with Gasteiger partial charge >= 0.3 is 0 Å². The van der Waals surface area contributed by atoms with E-state index in [2.05, 4.69) is 11.9 Å². The first-order valence-electron chi connectivity index (χ1n) is 5.62. The largest absolute Gasteiger partial charge is 0.390 e. The van der Waals surface area contributed by atoms with Gasteiger partial charge in [-0.2, -0.15) is 0 Å². The fraction of sp³-hybridized carbons (Fsp3) is 1.00. The highest BCUT2D eigenvalue weighted by atomic mass is 16.3. The predicted octanol–water partition coefficient (Wildman–Crippen LogP) is 1.63. The quantitative estimate of drug-likeness (QED) is 0.668. The zero-order valence-electron chi connectivity index (χ0n) is 8.63. The zero-order valence-corrected chi connectivity index (χ0v) is 8.63. The highest BCUT2D eigenvalue weighted by Crippen LogP contribution is 2.39. The van der Waals surface area contributed by atoms with Crippen molar-refractivity contribution in [2.45, 2.75) is 44.1 Å². The minimum Gasteiger partial charge on any atom is -0.390 e. The molecule has 1 N–H and O–H groups in total. The van der Waals surface area contributed by atoms with Crippen molar-refractivity contribution in [1.29, 1.82) is 0 Å². The van der Waals surface area contributed by atoms with Crippen LogP contribution in [0.2, 0.25) is 0 Å². The monoisotopic (exact) mass is 183 g/mol. The Labute approximate surface area is 80.9 Å². The molecule has 1 heterocycles. The third-order valence-corrected chi connectivity index (χ3v) is 3.97. The topological polar surface area (TPSA) is 23.5 Å². The molecule has 2 rings (SSSR count). The molecule has 0 atom stereocenters. The van der Waals surface area contributed by atoms with Crippen LogP contribution in [0.1, 0.15) is 38.5 Å². The first-order valence-corrected chi connectivity index (χ1v) is 5.62. The molecule has 0 radical (unpaired) electrons. The van der Waals surface area contributed by atoms with Gasteiger partial charge in [-0.15, -0.1) is 0 Å². The van der Waals surface area contributed by atoms with Crippen LogP contribution in [0.15, 0.2) is 0 Å². The zero-order chi connectivity index (χ0) is 9.31. The van der Waals surface area contributed by atoms with E-state index in [4.69, 9.17) is 0 Å². The SMILES string of the molecule is CN1CCC(O)(C2CCCC2)CC1. The predicted molar refractivity (Wildman–Crippen MR) is 53.6 cm³/mol. The lowest BCUT2D eigenvalue weighted by Gasteiger charge is -2.40. The van der Waals surface area contributed by atoms with Gasteiger partial charge in [0.25, 0.3) is 0 Å². The molecule has 2 heteroatoms. The molecule has 0 aromatic heterocycles. The summed E-state index contributed by atoms with van der Waals surface area (Å²) >= 11 is 0. The summed E-state index contributed by atoms with van der Waals surface area (Å²) in [5.41, 5.74) is -0.303. The molecule has 1 aliphatic carbocycles. The van der Waals surface area contributed by atoms with Crippen LogP contribution < -0.4 is 0 Å². The van der Waals surface area contributed by atoms with E-state index < -0.39 is 0 Å². The Morgan fingerprint density at radius 2 is 1.69 bits per heavy atom. The van der Waals surface area contributed by atoms with Gasteiger partial charge in [0.2, 0.25) is 0 Å². The lowest BCUT2D eigenvalue weighted by Crippen LogP contribution is -2.47. The maximum atomic E-state index is 10.5. The van der Waals surface area contributed by atoms with Crippen molar-refractivity contribution in [1.82, 2.24) is 4.90 Å². The maximum absolute atomic E-state index is 10.5. The van der Waals surface area contributed by atoms with Crippen molar-refractivity contribution in [2.75, 3.05) is 20.1 Å². The molecule has 0 aromatic rings. The number of hydrogen-bond donors (Lipinski definition) is 1. The van der Waals surface area contributed by atoms with Gasteiger partial charge < -0.3 is 10.0 Å². The number of hydrogen-bond acceptors (Lipinski definition) is 2. The Morgan fingerprint density at radius 3 is 2.23 bits per heavy atom. The number of aliphatic hydroxyl groups is 1. The summed E-state index contributed by atoms with van der Waals surface area (Å²) in [5.74, 6) is 0.612. The van der Waals surface area contributed by atoms with Gasteiger partial charge in [0.05, 0.1) is 5.60 Å². The van der Waals surface area contributed by atoms with Gasteiger partial charge in [-0.3, -0.25) is 0 Å². The summed E-state index contributed by atoms with van der Waals surface area (Å²) < 4.78 is 0. The Balaban J connectivity index is 1.95. The van der Waals surface area contributed by atoms with Crippen molar-refractivity contribution < 1.29 is 5.11 Å². The summed E-state index contributed by atoms with van der Waals surface area (Å²) in [6, 6.07) is 0. The van der Waals surface area contributed by atoms with E-state index in [0.717, 1.165) is 25.9 Å². The fourth-order valence-electron chi connectivity index (χ4n) is 2.88. The number of rotatable bonds is 1. The average Bonchev–Trinajstić information content (AvgIpc) is 2.63. The molecule has 0 spiro atoms. The average molecular weight is 183 g/mol. The molecule has 76 valence electrons. The molecular formula is C11H21NO. The fourth-order valence-corrected chi connectivity index (χ4v) is 2.88. The second kappa shape index (κ2) is 3.58. The van der Waals surface area contributed by atoms with Gasteiger partial charge in [-0.05, 0) is 38.6 Å². The van der Waals surface area contributed by atoms with Gasteiger partial charge in [-0.1, -0.05) is 12.8 Å². The molecular weight excluding hydrogens is 162 g/mol. The highest BCUT2D eigenvalue weighted by Gasteiger charge is 2.39. The smallest absolute Gasteiger partial charge is 0.0700 e. The maximum Gasteiger partial charge on any atom is 0.0700 e. The Bertz CT molecular complexity index is 167. The number of piperidine rings is 1. The van der Waals surface area contributed by atoms with Gasteiger partial charge in [0.1, 0.15) is 0 Å². The lowest BCUT2D eigenvalue weighted by atomic mass is 9.79. The van der Waals surface area contributed by atoms with Crippen LogP contribution in [0, 0.1) is 5.92 Å². The van der Waals surface area contributed by atoms with E-state index in [1.807, 2.05) is 0 Å².